The Bertz CT molecular complexity index is 481. The fraction of sp³-hybridized carbons (Fsp3) is 0.667. The van der Waals surface area contributed by atoms with Crippen molar-refractivity contribution in [2.45, 2.75) is 38.8 Å². The molecule has 0 aliphatic heterocycles. The number of halogens is 1. The average Bonchev–Trinajstić information content (AvgIpc) is 3.14. The minimum atomic E-state index is -0.116. The maximum Gasteiger partial charge on any atom is 0.283 e. The number of nitrogens with one attached hydrogen (secondary N) is 1. The van der Waals surface area contributed by atoms with Gasteiger partial charge in [0.25, 0.3) is 5.56 Å². The highest BCUT2D eigenvalue weighted by atomic mass is 79.9. The average molecular weight is 315 g/mol. The van der Waals surface area contributed by atoms with E-state index in [-0.39, 0.29) is 17.6 Å². The van der Waals surface area contributed by atoms with Crippen molar-refractivity contribution < 1.29 is 0 Å². The lowest BCUT2D eigenvalue weighted by Crippen LogP contribution is -2.32. The molecule has 1 fully saturated rings. The molecule has 1 aliphatic rings. The monoisotopic (exact) mass is 314 g/mol. The van der Waals surface area contributed by atoms with Crippen LogP contribution in [0.4, 0.5) is 5.69 Å². The second-order valence-corrected chi connectivity index (χ2v) is 5.89. The molecule has 1 heterocycles. The lowest BCUT2D eigenvalue weighted by atomic mass is 10.2. The molecule has 6 heteroatoms. The van der Waals surface area contributed by atoms with E-state index in [1.54, 1.807) is 6.20 Å². The minimum Gasteiger partial charge on any atom is -0.381 e. The Morgan fingerprint density at radius 2 is 2.28 bits per heavy atom. The minimum absolute atomic E-state index is 0.0524. The first-order valence-corrected chi connectivity index (χ1v) is 7.06. The van der Waals surface area contributed by atoms with Gasteiger partial charge in [-0.1, -0.05) is 0 Å². The molecule has 1 aliphatic carbocycles. The van der Waals surface area contributed by atoms with E-state index in [1.807, 2.05) is 13.8 Å². The van der Waals surface area contributed by atoms with E-state index >= 15 is 0 Å². The first-order chi connectivity index (χ1) is 8.50. The second kappa shape index (κ2) is 5.40. The summed E-state index contributed by atoms with van der Waals surface area (Å²) >= 11 is 3.33. The Labute approximate surface area is 115 Å². The van der Waals surface area contributed by atoms with Gasteiger partial charge in [0, 0.05) is 12.6 Å². The van der Waals surface area contributed by atoms with E-state index in [2.05, 4.69) is 26.3 Å². The Hall–Kier alpha value is -0.880. The zero-order valence-corrected chi connectivity index (χ0v) is 12.3. The smallest absolute Gasteiger partial charge is 0.283 e. The van der Waals surface area contributed by atoms with Gasteiger partial charge >= 0.3 is 0 Å². The van der Waals surface area contributed by atoms with Crippen LogP contribution in [0.5, 0.6) is 0 Å². The van der Waals surface area contributed by atoms with Crippen LogP contribution >= 0.6 is 15.9 Å². The summed E-state index contributed by atoms with van der Waals surface area (Å²) in [6.45, 7) is 4.53. The van der Waals surface area contributed by atoms with Gasteiger partial charge in [-0.25, -0.2) is 4.68 Å². The van der Waals surface area contributed by atoms with Crippen molar-refractivity contribution in [3.63, 3.8) is 0 Å². The van der Waals surface area contributed by atoms with Crippen molar-refractivity contribution in [2.75, 3.05) is 11.9 Å². The molecule has 1 unspecified atom stereocenters. The van der Waals surface area contributed by atoms with Crippen LogP contribution in [-0.2, 0) is 0 Å². The topological polar surface area (TPSA) is 72.9 Å². The lowest BCUT2D eigenvalue weighted by Gasteiger charge is -2.15. The third-order valence-corrected chi connectivity index (χ3v) is 3.95. The van der Waals surface area contributed by atoms with Crippen LogP contribution in [0.15, 0.2) is 15.5 Å². The second-order valence-electron chi connectivity index (χ2n) is 5.10. The maximum atomic E-state index is 12.0. The molecule has 0 saturated heterocycles. The lowest BCUT2D eigenvalue weighted by molar-refractivity contribution is 0.500. The van der Waals surface area contributed by atoms with Crippen molar-refractivity contribution in [3.05, 3.63) is 21.0 Å². The molecule has 100 valence electrons. The van der Waals surface area contributed by atoms with Gasteiger partial charge in [0.05, 0.1) is 17.9 Å². The van der Waals surface area contributed by atoms with Gasteiger partial charge in [-0.3, -0.25) is 4.79 Å². The summed E-state index contributed by atoms with van der Waals surface area (Å²) < 4.78 is 1.98. The zero-order chi connectivity index (χ0) is 13.3. The maximum absolute atomic E-state index is 12.0. The highest BCUT2D eigenvalue weighted by molar-refractivity contribution is 9.10. The van der Waals surface area contributed by atoms with Gasteiger partial charge in [0.2, 0.25) is 0 Å². The molecule has 1 atom stereocenters. The van der Waals surface area contributed by atoms with Crippen LogP contribution in [0.3, 0.4) is 0 Å². The first kappa shape index (κ1) is 13.5. The normalized spacial score (nSPS) is 16.9. The van der Waals surface area contributed by atoms with Crippen LogP contribution in [0.2, 0.25) is 0 Å². The predicted molar refractivity (Wildman–Crippen MR) is 75.8 cm³/mol. The molecule has 1 saturated carbocycles. The predicted octanol–water partition coefficient (Wildman–Crippen LogP) is 1.74. The molecule has 0 bridgehead atoms. The van der Waals surface area contributed by atoms with Crippen molar-refractivity contribution >= 4 is 21.6 Å². The number of rotatable bonds is 5. The molecular weight excluding hydrogens is 296 g/mol. The van der Waals surface area contributed by atoms with Crippen LogP contribution < -0.4 is 16.6 Å². The highest BCUT2D eigenvalue weighted by Gasteiger charge is 2.28. The van der Waals surface area contributed by atoms with Gasteiger partial charge in [0.15, 0.2) is 0 Å². The van der Waals surface area contributed by atoms with E-state index in [0.717, 1.165) is 0 Å². The quantitative estimate of drug-likeness (QED) is 0.868. The van der Waals surface area contributed by atoms with Crippen LogP contribution in [0, 0.1) is 5.92 Å². The van der Waals surface area contributed by atoms with Crippen molar-refractivity contribution in [1.82, 2.24) is 9.78 Å². The third-order valence-electron chi connectivity index (χ3n) is 3.19. The Kier molecular flexibility index (Phi) is 4.07. The van der Waals surface area contributed by atoms with Gasteiger partial charge in [-0.2, -0.15) is 5.10 Å². The SMILES string of the molecule is CC(C)n1ncc(NCC(N)C2CC2)c(Br)c1=O. The molecule has 5 nitrogen and oxygen atoms in total. The number of nitrogens with zero attached hydrogens (tertiary/aromatic N) is 2. The molecule has 0 amide bonds. The zero-order valence-electron chi connectivity index (χ0n) is 10.7. The summed E-state index contributed by atoms with van der Waals surface area (Å²) in [6, 6.07) is 0.209. The summed E-state index contributed by atoms with van der Waals surface area (Å²) in [5, 5.41) is 7.34. The summed E-state index contributed by atoms with van der Waals surface area (Å²) in [4.78, 5) is 12.0. The van der Waals surface area contributed by atoms with Crippen molar-refractivity contribution in [2.24, 2.45) is 11.7 Å². The number of anilines is 1. The number of nitrogens with two attached hydrogens (primary N) is 1. The molecule has 1 aromatic heterocycles. The number of hydrogen-bond acceptors (Lipinski definition) is 4. The molecular formula is C12H19BrN4O. The van der Waals surface area contributed by atoms with Crippen LogP contribution in [0.1, 0.15) is 32.7 Å². The van der Waals surface area contributed by atoms with E-state index in [4.69, 9.17) is 5.73 Å². The molecule has 1 aromatic rings. The fourth-order valence-electron chi connectivity index (χ4n) is 1.85. The molecule has 0 spiro atoms. The third kappa shape index (κ3) is 2.92. The number of aromatic nitrogens is 2. The molecule has 0 radical (unpaired) electrons. The summed E-state index contributed by atoms with van der Waals surface area (Å²) in [5.74, 6) is 0.639. The molecule has 3 N–H and O–H groups in total. The Balaban J connectivity index is 2.09. The molecule has 0 aromatic carbocycles. The first-order valence-electron chi connectivity index (χ1n) is 6.27. The van der Waals surface area contributed by atoms with Crippen LogP contribution in [0.25, 0.3) is 0 Å². The summed E-state index contributed by atoms with van der Waals surface area (Å²) in [7, 11) is 0. The van der Waals surface area contributed by atoms with Gasteiger partial charge in [0.1, 0.15) is 4.47 Å². The standard InChI is InChI=1S/C12H19BrN4O/c1-7(2)17-12(18)11(13)10(6-16-17)15-5-9(14)8-3-4-8/h6-9,15H,3-5,14H2,1-2H3. The number of hydrogen-bond donors (Lipinski definition) is 2. The van der Waals surface area contributed by atoms with Crippen molar-refractivity contribution in [3.8, 4) is 0 Å². The van der Waals surface area contributed by atoms with E-state index < -0.39 is 0 Å². The highest BCUT2D eigenvalue weighted by Crippen LogP contribution is 2.31. The fourth-order valence-corrected chi connectivity index (χ4v) is 2.28. The van der Waals surface area contributed by atoms with Gasteiger partial charge < -0.3 is 11.1 Å². The summed E-state index contributed by atoms with van der Waals surface area (Å²) in [5.41, 5.74) is 6.61. The van der Waals surface area contributed by atoms with Crippen molar-refractivity contribution in [1.29, 1.82) is 0 Å². The molecule has 2 rings (SSSR count). The van der Waals surface area contributed by atoms with E-state index in [0.29, 0.717) is 22.6 Å². The van der Waals surface area contributed by atoms with Crippen LogP contribution in [-0.4, -0.2) is 22.4 Å². The van der Waals surface area contributed by atoms with E-state index in [9.17, 15) is 4.79 Å². The van der Waals surface area contributed by atoms with Gasteiger partial charge in [-0.15, -0.1) is 0 Å². The van der Waals surface area contributed by atoms with Gasteiger partial charge in [-0.05, 0) is 48.5 Å². The molecule has 18 heavy (non-hydrogen) atoms. The van der Waals surface area contributed by atoms with E-state index in [1.165, 1.54) is 17.5 Å². The largest absolute Gasteiger partial charge is 0.381 e. The Morgan fingerprint density at radius 3 is 2.83 bits per heavy atom. The Morgan fingerprint density at radius 1 is 1.61 bits per heavy atom. The summed E-state index contributed by atoms with van der Waals surface area (Å²) in [6.07, 6.45) is 4.11.